The zero-order valence-electron chi connectivity index (χ0n) is 13.9. The standard InChI is InChI=1S/C19H32N2/c1-3-4-14-21(18-8-6-5-7-9-18)16-19(15-20)12-10-17(2)11-13-19/h5-9,17H,3-4,10-16,20H2,1-2H3. The lowest BCUT2D eigenvalue weighted by atomic mass is 9.70. The Labute approximate surface area is 130 Å². The molecule has 0 unspecified atom stereocenters. The Morgan fingerprint density at radius 3 is 2.43 bits per heavy atom. The van der Waals surface area contributed by atoms with Crippen LogP contribution in [0, 0.1) is 11.3 Å². The number of benzene rings is 1. The number of para-hydroxylation sites is 1. The van der Waals surface area contributed by atoms with Crippen LogP contribution in [0.5, 0.6) is 0 Å². The van der Waals surface area contributed by atoms with Crippen molar-refractivity contribution in [1.82, 2.24) is 0 Å². The fourth-order valence-corrected chi connectivity index (χ4v) is 3.49. The van der Waals surface area contributed by atoms with E-state index in [0.29, 0.717) is 5.41 Å². The normalized spacial score (nSPS) is 25.8. The van der Waals surface area contributed by atoms with Crippen molar-refractivity contribution in [3.63, 3.8) is 0 Å². The first kappa shape index (κ1) is 16.4. The van der Waals surface area contributed by atoms with Crippen LogP contribution in [-0.2, 0) is 0 Å². The van der Waals surface area contributed by atoms with E-state index in [0.717, 1.165) is 25.6 Å². The van der Waals surface area contributed by atoms with Crippen molar-refractivity contribution in [3.05, 3.63) is 30.3 Å². The van der Waals surface area contributed by atoms with Crippen LogP contribution in [0.3, 0.4) is 0 Å². The minimum atomic E-state index is 0.329. The number of rotatable bonds is 7. The van der Waals surface area contributed by atoms with E-state index in [1.807, 2.05) is 0 Å². The van der Waals surface area contributed by atoms with E-state index < -0.39 is 0 Å². The minimum absolute atomic E-state index is 0.329. The molecule has 0 spiro atoms. The maximum absolute atomic E-state index is 6.21. The molecule has 0 amide bonds. The van der Waals surface area contributed by atoms with Crippen LogP contribution in [0.2, 0.25) is 0 Å². The van der Waals surface area contributed by atoms with E-state index in [2.05, 4.69) is 49.1 Å². The van der Waals surface area contributed by atoms with Gasteiger partial charge in [0.1, 0.15) is 0 Å². The molecule has 21 heavy (non-hydrogen) atoms. The predicted molar refractivity (Wildman–Crippen MR) is 92.7 cm³/mol. The highest BCUT2D eigenvalue weighted by Crippen LogP contribution is 2.39. The van der Waals surface area contributed by atoms with Gasteiger partial charge >= 0.3 is 0 Å². The highest BCUT2D eigenvalue weighted by atomic mass is 15.1. The third-order valence-electron chi connectivity index (χ3n) is 5.20. The Morgan fingerprint density at radius 2 is 1.86 bits per heavy atom. The zero-order valence-corrected chi connectivity index (χ0v) is 13.9. The molecule has 1 aliphatic carbocycles. The third kappa shape index (κ3) is 4.47. The summed E-state index contributed by atoms with van der Waals surface area (Å²) in [6.07, 6.45) is 7.77. The lowest BCUT2D eigenvalue weighted by molar-refractivity contribution is 0.169. The van der Waals surface area contributed by atoms with Gasteiger partial charge in [-0.2, -0.15) is 0 Å². The molecule has 1 aliphatic rings. The van der Waals surface area contributed by atoms with E-state index in [1.54, 1.807) is 0 Å². The van der Waals surface area contributed by atoms with Crippen molar-refractivity contribution in [2.45, 2.75) is 52.4 Å². The molecule has 2 heteroatoms. The fourth-order valence-electron chi connectivity index (χ4n) is 3.49. The summed E-state index contributed by atoms with van der Waals surface area (Å²) in [6.45, 7) is 7.75. The molecule has 0 aliphatic heterocycles. The van der Waals surface area contributed by atoms with Crippen molar-refractivity contribution < 1.29 is 0 Å². The summed E-state index contributed by atoms with van der Waals surface area (Å²) in [5.74, 6) is 0.880. The largest absolute Gasteiger partial charge is 0.371 e. The number of nitrogens with two attached hydrogens (primary N) is 1. The van der Waals surface area contributed by atoms with Crippen LogP contribution in [0.25, 0.3) is 0 Å². The molecule has 0 bridgehead atoms. The molecule has 1 saturated carbocycles. The second kappa shape index (κ2) is 7.84. The number of hydrogen-bond donors (Lipinski definition) is 1. The molecule has 2 rings (SSSR count). The Hall–Kier alpha value is -1.02. The van der Waals surface area contributed by atoms with Gasteiger partial charge in [0.2, 0.25) is 0 Å². The molecule has 2 N–H and O–H groups in total. The molecule has 1 aromatic carbocycles. The molecule has 0 heterocycles. The molecule has 1 fully saturated rings. The predicted octanol–water partition coefficient (Wildman–Crippen LogP) is 4.45. The monoisotopic (exact) mass is 288 g/mol. The maximum atomic E-state index is 6.21. The van der Waals surface area contributed by atoms with Gasteiger partial charge in [-0.3, -0.25) is 0 Å². The first-order valence-electron chi connectivity index (χ1n) is 8.69. The molecule has 0 radical (unpaired) electrons. The summed E-state index contributed by atoms with van der Waals surface area (Å²) in [5, 5.41) is 0. The van der Waals surface area contributed by atoms with E-state index in [1.165, 1.54) is 44.2 Å². The van der Waals surface area contributed by atoms with Gasteiger partial charge in [-0.1, -0.05) is 51.3 Å². The van der Waals surface area contributed by atoms with Crippen molar-refractivity contribution in [3.8, 4) is 0 Å². The van der Waals surface area contributed by atoms with Gasteiger partial charge in [0.05, 0.1) is 0 Å². The average Bonchev–Trinajstić information content (AvgIpc) is 2.54. The number of unbranched alkanes of at least 4 members (excludes halogenated alkanes) is 1. The highest BCUT2D eigenvalue weighted by molar-refractivity contribution is 5.46. The van der Waals surface area contributed by atoms with Gasteiger partial charge in [-0.05, 0) is 43.9 Å². The van der Waals surface area contributed by atoms with Crippen LogP contribution >= 0.6 is 0 Å². The van der Waals surface area contributed by atoms with Crippen LogP contribution in [0.1, 0.15) is 52.4 Å². The van der Waals surface area contributed by atoms with Gasteiger partial charge in [0.25, 0.3) is 0 Å². The molecular weight excluding hydrogens is 256 g/mol. The summed E-state index contributed by atoms with van der Waals surface area (Å²) in [6, 6.07) is 10.9. The molecule has 0 saturated heterocycles. The van der Waals surface area contributed by atoms with Crippen molar-refractivity contribution in [1.29, 1.82) is 0 Å². The Bertz CT molecular complexity index is 393. The third-order valence-corrected chi connectivity index (χ3v) is 5.20. The maximum Gasteiger partial charge on any atom is 0.0366 e. The van der Waals surface area contributed by atoms with Crippen molar-refractivity contribution >= 4 is 5.69 Å². The van der Waals surface area contributed by atoms with Crippen molar-refractivity contribution in [2.75, 3.05) is 24.5 Å². The quantitative estimate of drug-likeness (QED) is 0.803. The molecule has 118 valence electrons. The van der Waals surface area contributed by atoms with Crippen molar-refractivity contribution in [2.24, 2.45) is 17.1 Å². The lowest BCUT2D eigenvalue weighted by Gasteiger charge is -2.43. The van der Waals surface area contributed by atoms with Gasteiger partial charge in [-0.15, -0.1) is 0 Å². The first-order chi connectivity index (χ1) is 10.2. The molecule has 0 aromatic heterocycles. The lowest BCUT2D eigenvalue weighted by Crippen LogP contribution is -2.45. The van der Waals surface area contributed by atoms with E-state index >= 15 is 0 Å². The molecule has 0 atom stereocenters. The van der Waals surface area contributed by atoms with E-state index in [-0.39, 0.29) is 0 Å². The van der Waals surface area contributed by atoms with Crippen LogP contribution in [0.4, 0.5) is 5.69 Å². The Balaban J connectivity index is 2.09. The van der Waals surface area contributed by atoms with Gasteiger partial charge in [-0.25, -0.2) is 0 Å². The van der Waals surface area contributed by atoms with E-state index in [9.17, 15) is 0 Å². The molecule has 2 nitrogen and oxygen atoms in total. The number of hydrogen-bond acceptors (Lipinski definition) is 2. The average molecular weight is 288 g/mol. The zero-order chi connectivity index (χ0) is 15.1. The second-order valence-corrected chi connectivity index (χ2v) is 7.00. The van der Waals surface area contributed by atoms with E-state index in [4.69, 9.17) is 5.73 Å². The summed E-state index contributed by atoms with van der Waals surface area (Å²) in [5.41, 5.74) is 7.90. The fraction of sp³-hybridized carbons (Fsp3) is 0.684. The Kier molecular flexibility index (Phi) is 6.10. The smallest absolute Gasteiger partial charge is 0.0366 e. The van der Waals surface area contributed by atoms with Gasteiger partial charge in [0, 0.05) is 24.2 Å². The summed E-state index contributed by atoms with van der Waals surface area (Å²) >= 11 is 0. The van der Waals surface area contributed by atoms with Crippen LogP contribution < -0.4 is 10.6 Å². The number of anilines is 1. The van der Waals surface area contributed by atoms with Gasteiger partial charge < -0.3 is 10.6 Å². The summed E-state index contributed by atoms with van der Waals surface area (Å²) in [4.78, 5) is 2.58. The second-order valence-electron chi connectivity index (χ2n) is 7.00. The molecular formula is C19H32N2. The van der Waals surface area contributed by atoms with Gasteiger partial charge in [0.15, 0.2) is 0 Å². The summed E-state index contributed by atoms with van der Waals surface area (Å²) in [7, 11) is 0. The Morgan fingerprint density at radius 1 is 1.19 bits per heavy atom. The summed E-state index contributed by atoms with van der Waals surface area (Å²) < 4.78 is 0. The number of nitrogens with zero attached hydrogens (tertiary/aromatic N) is 1. The SMILES string of the molecule is CCCCN(CC1(CN)CCC(C)CC1)c1ccccc1. The molecule has 1 aromatic rings. The van der Waals surface area contributed by atoms with Crippen LogP contribution in [0.15, 0.2) is 30.3 Å². The topological polar surface area (TPSA) is 29.3 Å². The minimum Gasteiger partial charge on any atom is -0.371 e. The highest BCUT2D eigenvalue weighted by Gasteiger charge is 2.34. The first-order valence-corrected chi connectivity index (χ1v) is 8.69. The van der Waals surface area contributed by atoms with Crippen LogP contribution in [-0.4, -0.2) is 19.6 Å².